The van der Waals surface area contributed by atoms with Crippen LogP contribution in [-0.4, -0.2) is 34.0 Å². The van der Waals surface area contributed by atoms with Crippen molar-refractivity contribution in [1.29, 1.82) is 0 Å². The van der Waals surface area contributed by atoms with Crippen LogP contribution in [0.4, 0.5) is 0 Å². The molecule has 0 saturated heterocycles. The lowest BCUT2D eigenvalue weighted by Gasteiger charge is -2.33. The highest BCUT2D eigenvalue weighted by molar-refractivity contribution is 5.90. The standard InChI is InChI=1S/C14H23NO3/c1-4-8(2)9(3)15(10-5-6-10)13(16)11-7-12(11)14(17)18/h8-12H,4-7H2,1-3H3,(H,17,18). The number of amides is 1. The predicted molar refractivity (Wildman–Crippen MR) is 68.0 cm³/mol. The van der Waals surface area contributed by atoms with Crippen LogP contribution in [-0.2, 0) is 9.59 Å². The lowest BCUT2D eigenvalue weighted by Crippen LogP contribution is -2.44. The number of carboxylic acids is 1. The quantitative estimate of drug-likeness (QED) is 0.789. The first-order valence-corrected chi connectivity index (χ1v) is 7.02. The molecule has 0 aliphatic heterocycles. The summed E-state index contributed by atoms with van der Waals surface area (Å²) in [6.07, 6.45) is 3.74. The van der Waals surface area contributed by atoms with Crippen LogP contribution in [0.1, 0.15) is 46.5 Å². The highest BCUT2D eigenvalue weighted by Crippen LogP contribution is 2.43. The number of rotatable bonds is 6. The van der Waals surface area contributed by atoms with E-state index in [9.17, 15) is 9.59 Å². The Morgan fingerprint density at radius 3 is 2.28 bits per heavy atom. The fourth-order valence-corrected chi connectivity index (χ4v) is 2.61. The minimum Gasteiger partial charge on any atom is -0.481 e. The molecule has 0 bridgehead atoms. The number of carboxylic acid groups (broad SMARTS) is 1. The van der Waals surface area contributed by atoms with Gasteiger partial charge in [-0.05, 0) is 32.1 Å². The van der Waals surface area contributed by atoms with Crippen LogP contribution < -0.4 is 0 Å². The molecular weight excluding hydrogens is 230 g/mol. The summed E-state index contributed by atoms with van der Waals surface area (Å²) in [6.45, 7) is 6.39. The van der Waals surface area contributed by atoms with E-state index in [1.807, 2.05) is 4.90 Å². The molecule has 1 amide bonds. The summed E-state index contributed by atoms with van der Waals surface area (Å²) in [5.41, 5.74) is 0. The molecule has 2 aliphatic rings. The third-order valence-electron chi connectivity index (χ3n) is 4.53. The van der Waals surface area contributed by atoms with E-state index >= 15 is 0 Å². The summed E-state index contributed by atoms with van der Waals surface area (Å²) in [5, 5.41) is 8.93. The zero-order valence-electron chi connectivity index (χ0n) is 11.4. The van der Waals surface area contributed by atoms with Crippen LogP contribution in [0.2, 0.25) is 0 Å². The molecule has 0 radical (unpaired) electrons. The Kier molecular flexibility index (Phi) is 3.64. The SMILES string of the molecule is CCC(C)C(C)N(C(=O)C1CC1C(=O)O)C1CC1. The molecule has 2 fully saturated rings. The average Bonchev–Trinajstić information content (AvgIpc) is 3.17. The van der Waals surface area contributed by atoms with E-state index in [1.165, 1.54) is 0 Å². The predicted octanol–water partition coefficient (Wildman–Crippen LogP) is 2.13. The molecular formula is C14H23NO3. The van der Waals surface area contributed by atoms with Gasteiger partial charge in [-0.1, -0.05) is 20.3 Å². The van der Waals surface area contributed by atoms with Gasteiger partial charge in [0, 0.05) is 12.1 Å². The van der Waals surface area contributed by atoms with E-state index in [2.05, 4.69) is 20.8 Å². The van der Waals surface area contributed by atoms with Crippen molar-refractivity contribution in [3.8, 4) is 0 Å². The van der Waals surface area contributed by atoms with Crippen LogP contribution in [0.3, 0.4) is 0 Å². The maximum atomic E-state index is 12.4. The lowest BCUT2D eigenvalue weighted by molar-refractivity contribution is -0.143. The molecule has 4 nitrogen and oxygen atoms in total. The van der Waals surface area contributed by atoms with Crippen LogP contribution in [0, 0.1) is 17.8 Å². The summed E-state index contributed by atoms with van der Waals surface area (Å²) in [6, 6.07) is 0.599. The van der Waals surface area contributed by atoms with E-state index < -0.39 is 11.9 Å². The number of hydrogen-bond donors (Lipinski definition) is 1. The van der Waals surface area contributed by atoms with Gasteiger partial charge in [0.2, 0.25) is 5.91 Å². The molecule has 0 aromatic rings. The third-order valence-corrected chi connectivity index (χ3v) is 4.53. The van der Waals surface area contributed by atoms with Crippen molar-refractivity contribution >= 4 is 11.9 Å². The van der Waals surface area contributed by atoms with Crippen molar-refractivity contribution in [2.45, 2.75) is 58.5 Å². The highest BCUT2D eigenvalue weighted by Gasteiger charge is 2.52. The Bertz CT molecular complexity index is 351. The lowest BCUT2D eigenvalue weighted by atomic mass is 9.98. The van der Waals surface area contributed by atoms with Gasteiger partial charge >= 0.3 is 5.97 Å². The minimum atomic E-state index is -0.819. The van der Waals surface area contributed by atoms with Crippen molar-refractivity contribution in [3.05, 3.63) is 0 Å². The van der Waals surface area contributed by atoms with Gasteiger partial charge in [0.25, 0.3) is 0 Å². The molecule has 0 spiro atoms. The number of aliphatic carboxylic acids is 1. The largest absolute Gasteiger partial charge is 0.481 e. The van der Waals surface area contributed by atoms with Gasteiger partial charge in [0.15, 0.2) is 0 Å². The normalized spacial score (nSPS) is 29.5. The maximum Gasteiger partial charge on any atom is 0.307 e. The van der Waals surface area contributed by atoms with E-state index in [-0.39, 0.29) is 17.9 Å². The monoisotopic (exact) mass is 253 g/mol. The molecule has 0 heterocycles. The van der Waals surface area contributed by atoms with E-state index in [1.54, 1.807) is 0 Å². The Morgan fingerprint density at radius 2 is 1.89 bits per heavy atom. The zero-order chi connectivity index (χ0) is 13.4. The van der Waals surface area contributed by atoms with Crippen LogP contribution in [0.25, 0.3) is 0 Å². The smallest absolute Gasteiger partial charge is 0.307 e. The second-order valence-electron chi connectivity index (χ2n) is 5.89. The van der Waals surface area contributed by atoms with Gasteiger partial charge in [0.1, 0.15) is 0 Å². The Labute approximate surface area is 108 Å². The molecule has 1 N–H and O–H groups in total. The molecule has 0 aromatic heterocycles. The van der Waals surface area contributed by atoms with Gasteiger partial charge in [-0.25, -0.2) is 0 Å². The van der Waals surface area contributed by atoms with Gasteiger partial charge in [-0.2, -0.15) is 0 Å². The molecule has 2 saturated carbocycles. The molecule has 4 unspecified atom stereocenters. The third kappa shape index (κ3) is 2.52. The Morgan fingerprint density at radius 1 is 1.28 bits per heavy atom. The van der Waals surface area contributed by atoms with Crippen molar-refractivity contribution < 1.29 is 14.7 Å². The molecule has 0 aromatic carbocycles. The minimum absolute atomic E-state index is 0.0812. The van der Waals surface area contributed by atoms with Gasteiger partial charge < -0.3 is 10.0 Å². The Hall–Kier alpha value is -1.06. The first-order valence-electron chi connectivity index (χ1n) is 7.02. The molecule has 4 atom stereocenters. The van der Waals surface area contributed by atoms with E-state index in [0.29, 0.717) is 18.4 Å². The number of carbonyl (C=O) groups is 2. The molecule has 2 aliphatic carbocycles. The van der Waals surface area contributed by atoms with Gasteiger partial charge in [0.05, 0.1) is 11.8 Å². The number of hydrogen-bond acceptors (Lipinski definition) is 2. The molecule has 4 heteroatoms. The summed E-state index contributed by atoms with van der Waals surface area (Å²) in [4.78, 5) is 25.3. The van der Waals surface area contributed by atoms with Gasteiger partial charge in [-0.3, -0.25) is 9.59 Å². The second-order valence-corrected chi connectivity index (χ2v) is 5.89. The van der Waals surface area contributed by atoms with E-state index in [4.69, 9.17) is 5.11 Å². The summed E-state index contributed by atoms with van der Waals surface area (Å²) >= 11 is 0. The van der Waals surface area contributed by atoms with Crippen molar-refractivity contribution in [1.82, 2.24) is 4.90 Å². The van der Waals surface area contributed by atoms with Crippen LogP contribution >= 0.6 is 0 Å². The first-order chi connectivity index (χ1) is 8.47. The van der Waals surface area contributed by atoms with Crippen LogP contribution in [0.15, 0.2) is 0 Å². The fraction of sp³-hybridized carbons (Fsp3) is 0.857. The second kappa shape index (κ2) is 4.90. The maximum absolute atomic E-state index is 12.4. The van der Waals surface area contributed by atoms with Gasteiger partial charge in [-0.15, -0.1) is 0 Å². The van der Waals surface area contributed by atoms with E-state index in [0.717, 1.165) is 19.3 Å². The average molecular weight is 253 g/mol. The van der Waals surface area contributed by atoms with Crippen LogP contribution in [0.5, 0.6) is 0 Å². The zero-order valence-corrected chi connectivity index (χ0v) is 11.4. The van der Waals surface area contributed by atoms with Crippen molar-refractivity contribution in [2.75, 3.05) is 0 Å². The number of carbonyl (C=O) groups excluding carboxylic acids is 1. The Balaban J connectivity index is 2.02. The molecule has 102 valence electrons. The highest BCUT2D eigenvalue weighted by atomic mass is 16.4. The fourth-order valence-electron chi connectivity index (χ4n) is 2.61. The number of nitrogens with zero attached hydrogens (tertiary/aromatic N) is 1. The van der Waals surface area contributed by atoms with Crippen molar-refractivity contribution in [2.24, 2.45) is 17.8 Å². The first kappa shape index (κ1) is 13.4. The molecule has 18 heavy (non-hydrogen) atoms. The summed E-state index contributed by atoms with van der Waals surface area (Å²) < 4.78 is 0. The molecule has 2 rings (SSSR count). The summed E-state index contributed by atoms with van der Waals surface area (Å²) in [7, 11) is 0. The topological polar surface area (TPSA) is 57.6 Å². The summed E-state index contributed by atoms with van der Waals surface area (Å²) in [5.74, 6) is -0.952. The van der Waals surface area contributed by atoms with Crippen molar-refractivity contribution in [3.63, 3.8) is 0 Å².